The third-order valence-electron chi connectivity index (χ3n) is 1.52. The molecule has 3 heteroatoms. The second-order valence-electron chi connectivity index (χ2n) is 3.59. The van der Waals surface area contributed by atoms with Gasteiger partial charge < -0.3 is 10.4 Å². The summed E-state index contributed by atoms with van der Waals surface area (Å²) in [6.45, 7) is 6.55. The second kappa shape index (κ2) is 6.00. The van der Waals surface area contributed by atoms with Crippen molar-refractivity contribution in [2.75, 3.05) is 6.54 Å². The van der Waals surface area contributed by atoms with Crippen LogP contribution in [0.3, 0.4) is 0 Å². The maximum Gasteiger partial charge on any atom is 0.222 e. The maximum atomic E-state index is 11.0. The summed E-state index contributed by atoms with van der Waals surface area (Å²) in [6.07, 6.45) is 0.660. The van der Waals surface area contributed by atoms with E-state index < -0.39 is 6.10 Å². The van der Waals surface area contributed by atoms with Crippen molar-refractivity contribution < 1.29 is 9.90 Å². The average Bonchev–Trinajstić information content (AvgIpc) is 1.84. The molecule has 0 radical (unpaired) electrons. The number of aliphatic hydroxyl groups is 1. The second-order valence-corrected chi connectivity index (χ2v) is 3.59. The van der Waals surface area contributed by atoms with E-state index in [1.165, 1.54) is 0 Å². The zero-order chi connectivity index (χ0) is 9.56. The molecule has 0 heterocycles. The van der Waals surface area contributed by atoms with Crippen LogP contribution < -0.4 is 5.32 Å². The smallest absolute Gasteiger partial charge is 0.222 e. The summed E-state index contributed by atoms with van der Waals surface area (Å²) in [5.74, 6) is 0.544. The lowest BCUT2D eigenvalue weighted by Gasteiger charge is -2.07. The predicted molar refractivity (Wildman–Crippen MR) is 48.8 cm³/mol. The van der Waals surface area contributed by atoms with Crippen LogP contribution in [0, 0.1) is 5.92 Å². The highest BCUT2D eigenvalue weighted by Crippen LogP contribution is 1.96. The van der Waals surface area contributed by atoms with Crippen molar-refractivity contribution >= 4 is 5.91 Å². The SMILES string of the molecule is CC(C)CCNC(=O)CC(C)O. The van der Waals surface area contributed by atoms with Gasteiger partial charge in [0.1, 0.15) is 0 Å². The van der Waals surface area contributed by atoms with Crippen molar-refractivity contribution in [1.82, 2.24) is 5.32 Å². The van der Waals surface area contributed by atoms with E-state index in [-0.39, 0.29) is 12.3 Å². The summed E-state index contributed by atoms with van der Waals surface area (Å²) in [7, 11) is 0. The van der Waals surface area contributed by atoms with Crippen molar-refractivity contribution in [3.63, 3.8) is 0 Å². The molecule has 0 aromatic carbocycles. The Bertz CT molecular complexity index is 132. The van der Waals surface area contributed by atoms with E-state index in [0.717, 1.165) is 6.42 Å². The number of aliphatic hydroxyl groups excluding tert-OH is 1. The highest BCUT2D eigenvalue weighted by Gasteiger charge is 2.04. The van der Waals surface area contributed by atoms with Gasteiger partial charge in [-0.1, -0.05) is 13.8 Å². The fraction of sp³-hybridized carbons (Fsp3) is 0.889. The topological polar surface area (TPSA) is 49.3 Å². The van der Waals surface area contributed by atoms with Crippen LogP contribution in [0.15, 0.2) is 0 Å². The lowest BCUT2D eigenvalue weighted by molar-refractivity contribution is -0.122. The highest BCUT2D eigenvalue weighted by molar-refractivity contribution is 5.76. The molecule has 0 aromatic rings. The number of carbonyl (C=O) groups excluding carboxylic acids is 1. The number of hydrogen-bond donors (Lipinski definition) is 2. The van der Waals surface area contributed by atoms with E-state index in [2.05, 4.69) is 19.2 Å². The van der Waals surface area contributed by atoms with Crippen molar-refractivity contribution in [1.29, 1.82) is 0 Å². The molecule has 1 amide bonds. The molecule has 0 rings (SSSR count). The minimum Gasteiger partial charge on any atom is -0.393 e. The molecular formula is C9H19NO2. The molecule has 0 aliphatic carbocycles. The average molecular weight is 173 g/mol. The zero-order valence-corrected chi connectivity index (χ0v) is 8.13. The normalized spacial score (nSPS) is 13.1. The van der Waals surface area contributed by atoms with Gasteiger partial charge in [0.15, 0.2) is 0 Å². The number of hydrogen-bond acceptors (Lipinski definition) is 2. The van der Waals surface area contributed by atoms with E-state index in [1.807, 2.05) is 0 Å². The van der Waals surface area contributed by atoms with E-state index in [1.54, 1.807) is 6.92 Å². The molecule has 0 saturated heterocycles. The predicted octanol–water partition coefficient (Wildman–Crippen LogP) is 0.920. The number of rotatable bonds is 5. The Labute approximate surface area is 74.2 Å². The van der Waals surface area contributed by atoms with Gasteiger partial charge in [0, 0.05) is 6.54 Å². The Kier molecular flexibility index (Phi) is 5.72. The van der Waals surface area contributed by atoms with Gasteiger partial charge in [0.25, 0.3) is 0 Å². The molecule has 72 valence electrons. The third kappa shape index (κ3) is 7.54. The van der Waals surface area contributed by atoms with Gasteiger partial charge in [-0.05, 0) is 19.3 Å². The van der Waals surface area contributed by atoms with E-state index in [4.69, 9.17) is 5.11 Å². The molecular weight excluding hydrogens is 154 g/mol. The van der Waals surface area contributed by atoms with Crippen LogP contribution in [-0.4, -0.2) is 23.7 Å². The lowest BCUT2D eigenvalue weighted by Crippen LogP contribution is -2.27. The summed E-state index contributed by atoms with van der Waals surface area (Å²) in [5.41, 5.74) is 0. The van der Waals surface area contributed by atoms with E-state index in [0.29, 0.717) is 12.5 Å². The van der Waals surface area contributed by atoms with Gasteiger partial charge in [-0.25, -0.2) is 0 Å². The van der Waals surface area contributed by atoms with Crippen molar-refractivity contribution in [2.24, 2.45) is 5.92 Å². The first kappa shape index (κ1) is 11.4. The van der Waals surface area contributed by atoms with Crippen LogP contribution in [0.1, 0.15) is 33.6 Å². The van der Waals surface area contributed by atoms with Crippen molar-refractivity contribution in [2.45, 2.75) is 39.7 Å². The zero-order valence-electron chi connectivity index (χ0n) is 8.13. The molecule has 0 aromatic heterocycles. The Balaban J connectivity index is 3.32. The molecule has 2 N–H and O–H groups in total. The molecule has 0 aliphatic rings. The number of nitrogens with one attached hydrogen (secondary N) is 1. The van der Waals surface area contributed by atoms with Crippen LogP contribution in [0.4, 0.5) is 0 Å². The first-order chi connectivity index (χ1) is 5.52. The standard InChI is InChI=1S/C9H19NO2/c1-7(2)4-5-10-9(12)6-8(3)11/h7-8,11H,4-6H2,1-3H3,(H,10,12). The number of carbonyl (C=O) groups is 1. The summed E-state index contributed by atoms with van der Waals surface area (Å²) in [6, 6.07) is 0. The summed E-state index contributed by atoms with van der Waals surface area (Å²) >= 11 is 0. The molecule has 0 bridgehead atoms. The van der Waals surface area contributed by atoms with Crippen LogP contribution >= 0.6 is 0 Å². The van der Waals surface area contributed by atoms with Crippen LogP contribution in [0.25, 0.3) is 0 Å². The molecule has 0 aliphatic heterocycles. The summed E-state index contributed by atoms with van der Waals surface area (Å²) in [5, 5.41) is 11.6. The molecule has 12 heavy (non-hydrogen) atoms. The number of amides is 1. The Morgan fingerprint density at radius 2 is 2.00 bits per heavy atom. The Morgan fingerprint density at radius 1 is 1.42 bits per heavy atom. The molecule has 0 saturated carbocycles. The lowest BCUT2D eigenvalue weighted by atomic mass is 10.1. The van der Waals surface area contributed by atoms with E-state index in [9.17, 15) is 4.79 Å². The monoisotopic (exact) mass is 173 g/mol. The van der Waals surface area contributed by atoms with Gasteiger partial charge in [0.2, 0.25) is 5.91 Å². The first-order valence-corrected chi connectivity index (χ1v) is 4.47. The highest BCUT2D eigenvalue weighted by atomic mass is 16.3. The van der Waals surface area contributed by atoms with Gasteiger partial charge in [-0.3, -0.25) is 4.79 Å². The molecule has 3 nitrogen and oxygen atoms in total. The van der Waals surface area contributed by atoms with Crippen LogP contribution in [-0.2, 0) is 4.79 Å². The van der Waals surface area contributed by atoms with Gasteiger partial charge in [-0.15, -0.1) is 0 Å². The van der Waals surface area contributed by atoms with Gasteiger partial charge >= 0.3 is 0 Å². The third-order valence-corrected chi connectivity index (χ3v) is 1.52. The van der Waals surface area contributed by atoms with E-state index >= 15 is 0 Å². The Morgan fingerprint density at radius 3 is 2.42 bits per heavy atom. The summed E-state index contributed by atoms with van der Waals surface area (Å²) < 4.78 is 0. The maximum absolute atomic E-state index is 11.0. The minimum atomic E-state index is -0.538. The fourth-order valence-corrected chi connectivity index (χ4v) is 0.841. The molecule has 1 unspecified atom stereocenters. The van der Waals surface area contributed by atoms with Gasteiger partial charge in [-0.2, -0.15) is 0 Å². The largest absolute Gasteiger partial charge is 0.393 e. The summed E-state index contributed by atoms with van der Waals surface area (Å²) in [4.78, 5) is 11.0. The molecule has 0 spiro atoms. The van der Waals surface area contributed by atoms with Crippen LogP contribution in [0.2, 0.25) is 0 Å². The minimum absolute atomic E-state index is 0.0642. The van der Waals surface area contributed by atoms with Crippen molar-refractivity contribution in [3.05, 3.63) is 0 Å². The van der Waals surface area contributed by atoms with Crippen LogP contribution in [0.5, 0.6) is 0 Å². The first-order valence-electron chi connectivity index (χ1n) is 4.47. The molecule has 0 fully saturated rings. The Hall–Kier alpha value is -0.570. The molecule has 1 atom stereocenters. The fourth-order valence-electron chi connectivity index (χ4n) is 0.841. The van der Waals surface area contributed by atoms with Gasteiger partial charge in [0.05, 0.1) is 12.5 Å². The quantitative estimate of drug-likeness (QED) is 0.649. The van der Waals surface area contributed by atoms with Crippen molar-refractivity contribution in [3.8, 4) is 0 Å².